The summed E-state index contributed by atoms with van der Waals surface area (Å²) < 4.78 is 13.2. The normalized spacial score (nSPS) is 15.9. The predicted molar refractivity (Wildman–Crippen MR) is 77.0 cm³/mol. The molecule has 0 aromatic heterocycles. The number of carbonyl (C=O) groups is 2. The molecule has 0 aliphatic heterocycles. The van der Waals surface area contributed by atoms with Crippen LogP contribution in [-0.4, -0.2) is 23.7 Å². The topological polar surface area (TPSA) is 78.4 Å². The van der Waals surface area contributed by atoms with Gasteiger partial charge in [0.25, 0.3) is 0 Å². The van der Waals surface area contributed by atoms with Crippen LogP contribution in [-0.2, 0) is 0 Å². The Morgan fingerprint density at radius 2 is 2.10 bits per heavy atom. The average molecular weight is 294 g/mol. The van der Waals surface area contributed by atoms with Crippen molar-refractivity contribution in [2.75, 3.05) is 11.9 Å². The monoisotopic (exact) mass is 294 g/mol. The summed E-state index contributed by atoms with van der Waals surface area (Å²) in [7, 11) is 0. The summed E-state index contributed by atoms with van der Waals surface area (Å²) in [6.45, 7) is 2.64. The summed E-state index contributed by atoms with van der Waals surface area (Å²) in [5.41, 5.74) is -0.0194. The summed E-state index contributed by atoms with van der Waals surface area (Å²) in [5.74, 6) is -1.81. The van der Waals surface area contributed by atoms with Crippen molar-refractivity contribution in [3.63, 3.8) is 0 Å². The molecule has 1 saturated carbocycles. The molecule has 1 aliphatic carbocycles. The minimum absolute atomic E-state index is 0.0424. The SMILES string of the molecule is CCC1(CNC(=O)Nc2cc(F)ccc2C(=O)O)CCC1. The first-order valence-electron chi connectivity index (χ1n) is 7.03. The summed E-state index contributed by atoms with van der Waals surface area (Å²) in [6, 6.07) is 2.67. The molecule has 0 radical (unpaired) electrons. The number of nitrogens with one attached hydrogen (secondary N) is 2. The van der Waals surface area contributed by atoms with Gasteiger partial charge in [0.1, 0.15) is 5.82 Å². The van der Waals surface area contributed by atoms with Gasteiger partial charge >= 0.3 is 12.0 Å². The Labute approximate surface area is 122 Å². The highest BCUT2D eigenvalue weighted by molar-refractivity contribution is 5.99. The second-order valence-corrected chi connectivity index (χ2v) is 5.51. The standard InChI is InChI=1S/C15H19FN2O3/c1-2-15(6-3-7-15)9-17-14(21)18-12-8-10(16)4-5-11(12)13(19)20/h4-5,8H,2-3,6-7,9H2,1H3,(H,19,20)(H2,17,18,21). The number of rotatable bonds is 5. The van der Waals surface area contributed by atoms with E-state index in [4.69, 9.17) is 5.11 Å². The lowest BCUT2D eigenvalue weighted by molar-refractivity contribution is 0.0698. The highest BCUT2D eigenvalue weighted by Gasteiger charge is 2.35. The van der Waals surface area contributed by atoms with Crippen LogP contribution in [0.15, 0.2) is 18.2 Å². The highest BCUT2D eigenvalue weighted by Crippen LogP contribution is 2.43. The molecule has 3 N–H and O–H groups in total. The molecule has 1 aromatic carbocycles. The van der Waals surface area contributed by atoms with Gasteiger partial charge in [0.2, 0.25) is 0 Å². The van der Waals surface area contributed by atoms with Crippen molar-refractivity contribution in [2.45, 2.75) is 32.6 Å². The van der Waals surface area contributed by atoms with Crippen LogP contribution in [0.2, 0.25) is 0 Å². The lowest BCUT2D eigenvalue weighted by Crippen LogP contribution is -2.43. The van der Waals surface area contributed by atoms with Crippen LogP contribution in [0.5, 0.6) is 0 Å². The molecular weight excluding hydrogens is 275 g/mol. The van der Waals surface area contributed by atoms with Gasteiger partial charge in [0.15, 0.2) is 0 Å². The van der Waals surface area contributed by atoms with Crippen molar-refractivity contribution in [3.05, 3.63) is 29.6 Å². The molecule has 0 saturated heterocycles. The van der Waals surface area contributed by atoms with Crippen LogP contribution in [0.25, 0.3) is 0 Å². The van der Waals surface area contributed by atoms with E-state index >= 15 is 0 Å². The van der Waals surface area contributed by atoms with Gasteiger partial charge in [-0.05, 0) is 42.9 Å². The molecule has 0 atom stereocenters. The molecule has 6 heteroatoms. The third kappa shape index (κ3) is 3.51. The van der Waals surface area contributed by atoms with Crippen molar-refractivity contribution in [1.82, 2.24) is 5.32 Å². The van der Waals surface area contributed by atoms with E-state index in [2.05, 4.69) is 17.6 Å². The quantitative estimate of drug-likeness (QED) is 0.780. The van der Waals surface area contributed by atoms with Gasteiger partial charge in [-0.3, -0.25) is 0 Å². The second-order valence-electron chi connectivity index (χ2n) is 5.51. The number of carboxylic acid groups (broad SMARTS) is 1. The summed E-state index contributed by atoms with van der Waals surface area (Å²) in [5, 5.41) is 14.2. The first-order chi connectivity index (χ1) is 9.96. The van der Waals surface area contributed by atoms with E-state index in [0.717, 1.165) is 37.5 Å². The molecule has 114 valence electrons. The number of hydrogen-bond acceptors (Lipinski definition) is 2. The average Bonchev–Trinajstić information content (AvgIpc) is 2.37. The van der Waals surface area contributed by atoms with Crippen molar-refractivity contribution >= 4 is 17.7 Å². The largest absolute Gasteiger partial charge is 0.478 e. The number of carboxylic acids is 1. The van der Waals surface area contributed by atoms with E-state index in [-0.39, 0.29) is 16.7 Å². The molecule has 2 rings (SSSR count). The first kappa shape index (κ1) is 15.3. The van der Waals surface area contributed by atoms with Crippen LogP contribution < -0.4 is 10.6 Å². The Morgan fingerprint density at radius 3 is 2.62 bits per heavy atom. The summed E-state index contributed by atoms with van der Waals surface area (Å²) in [4.78, 5) is 22.9. The van der Waals surface area contributed by atoms with Gasteiger partial charge < -0.3 is 15.7 Å². The molecule has 0 unspecified atom stereocenters. The van der Waals surface area contributed by atoms with Gasteiger partial charge in [-0.1, -0.05) is 13.3 Å². The minimum Gasteiger partial charge on any atom is -0.478 e. The van der Waals surface area contributed by atoms with Gasteiger partial charge in [0, 0.05) is 6.54 Å². The Hall–Kier alpha value is -2.11. The Kier molecular flexibility index (Phi) is 4.45. The van der Waals surface area contributed by atoms with Crippen molar-refractivity contribution < 1.29 is 19.1 Å². The Bertz CT molecular complexity index is 550. The molecule has 1 fully saturated rings. The lowest BCUT2D eigenvalue weighted by atomic mass is 9.67. The van der Waals surface area contributed by atoms with E-state index in [1.54, 1.807) is 0 Å². The number of benzene rings is 1. The molecule has 5 nitrogen and oxygen atoms in total. The number of urea groups is 1. The molecule has 0 spiro atoms. The van der Waals surface area contributed by atoms with E-state index in [1.165, 1.54) is 6.42 Å². The van der Waals surface area contributed by atoms with Crippen LogP contribution in [0.3, 0.4) is 0 Å². The van der Waals surface area contributed by atoms with Crippen LogP contribution in [0, 0.1) is 11.2 Å². The molecule has 0 heterocycles. The number of halogens is 1. The third-order valence-electron chi connectivity index (χ3n) is 4.25. The summed E-state index contributed by atoms with van der Waals surface area (Å²) >= 11 is 0. The minimum atomic E-state index is -1.21. The number of hydrogen-bond donors (Lipinski definition) is 3. The van der Waals surface area contributed by atoms with Gasteiger partial charge in [-0.2, -0.15) is 0 Å². The maximum Gasteiger partial charge on any atom is 0.337 e. The fraction of sp³-hybridized carbons (Fsp3) is 0.467. The van der Waals surface area contributed by atoms with E-state index in [0.29, 0.717) is 6.54 Å². The molecular formula is C15H19FN2O3. The molecule has 1 aliphatic rings. The van der Waals surface area contributed by atoms with Gasteiger partial charge in [-0.25, -0.2) is 14.0 Å². The van der Waals surface area contributed by atoms with Crippen LogP contribution in [0.4, 0.5) is 14.9 Å². The zero-order valence-electron chi connectivity index (χ0n) is 11.9. The van der Waals surface area contributed by atoms with Gasteiger partial charge in [-0.15, -0.1) is 0 Å². The maximum atomic E-state index is 13.2. The predicted octanol–water partition coefficient (Wildman–Crippen LogP) is 3.23. The van der Waals surface area contributed by atoms with Crippen LogP contribution >= 0.6 is 0 Å². The zero-order valence-corrected chi connectivity index (χ0v) is 11.9. The fourth-order valence-electron chi connectivity index (χ4n) is 2.57. The van der Waals surface area contributed by atoms with E-state index in [1.807, 2.05) is 0 Å². The van der Waals surface area contributed by atoms with Crippen molar-refractivity contribution in [3.8, 4) is 0 Å². The smallest absolute Gasteiger partial charge is 0.337 e. The maximum absolute atomic E-state index is 13.2. The highest BCUT2D eigenvalue weighted by atomic mass is 19.1. The Balaban J connectivity index is 1.99. The fourth-order valence-corrected chi connectivity index (χ4v) is 2.57. The van der Waals surface area contributed by atoms with Crippen molar-refractivity contribution in [1.29, 1.82) is 0 Å². The third-order valence-corrected chi connectivity index (χ3v) is 4.25. The number of carbonyl (C=O) groups excluding carboxylic acids is 1. The molecule has 21 heavy (non-hydrogen) atoms. The first-order valence-corrected chi connectivity index (χ1v) is 7.03. The lowest BCUT2D eigenvalue weighted by Gasteiger charge is -2.41. The number of amides is 2. The molecule has 1 aromatic rings. The molecule has 2 amide bonds. The van der Waals surface area contributed by atoms with Crippen molar-refractivity contribution in [2.24, 2.45) is 5.41 Å². The van der Waals surface area contributed by atoms with E-state index in [9.17, 15) is 14.0 Å². The number of anilines is 1. The Morgan fingerprint density at radius 1 is 1.38 bits per heavy atom. The summed E-state index contributed by atoms with van der Waals surface area (Å²) in [6.07, 6.45) is 4.34. The van der Waals surface area contributed by atoms with Gasteiger partial charge in [0.05, 0.1) is 11.3 Å². The second kappa shape index (κ2) is 6.11. The van der Waals surface area contributed by atoms with Crippen LogP contribution in [0.1, 0.15) is 43.0 Å². The number of aromatic carboxylic acids is 1. The van der Waals surface area contributed by atoms with E-state index < -0.39 is 17.8 Å². The zero-order chi connectivity index (χ0) is 15.5. The molecule has 0 bridgehead atoms.